The van der Waals surface area contributed by atoms with Crippen LogP contribution in [0.2, 0.25) is 0 Å². The van der Waals surface area contributed by atoms with E-state index in [-0.39, 0.29) is 11.3 Å². The lowest BCUT2D eigenvalue weighted by Gasteiger charge is -2.27. The van der Waals surface area contributed by atoms with Crippen molar-refractivity contribution >= 4 is 5.91 Å². The van der Waals surface area contributed by atoms with Gasteiger partial charge in [-0.15, -0.1) is 0 Å². The van der Waals surface area contributed by atoms with Gasteiger partial charge in [-0.1, -0.05) is 129 Å². The summed E-state index contributed by atoms with van der Waals surface area (Å²) in [5.74, 6) is 1.49. The van der Waals surface area contributed by atoms with Crippen molar-refractivity contribution in [1.29, 1.82) is 0 Å². The van der Waals surface area contributed by atoms with Gasteiger partial charge in [0.25, 0.3) is 5.91 Å². The average molecular weight is 644 g/mol. The van der Waals surface area contributed by atoms with E-state index in [0.29, 0.717) is 24.4 Å². The Morgan fingerprint density at radius 3 is 1.83 bits per heavy atom. The van der Waals surface area contributed by atoms with Gasteiger partial charge in [-0.25, -0.2) is 4.57 Å². The summed E-state index contributed by atoms with van der Waals surface area (Å²) in [6.45, 7) is 10.7. The van der Waals surface area contributed by atoms with Gasteiger partial charge in [0.05, 0.1) is 19.3 Å². The van der Waals surface area contributed by atoms with Crippen LogP contribution in [0.15, 0.2) is 67.0 Å². The van der Waals surface area contributed by atoms with Gasteiger partial charge in [0.2, 0.25) is 0 Å². The maximum Gasteiger partial charge on any atom is 0.258 e. The highest BCUT2D eigenvalue weighted by Gasteiger charge is 2.23. The van der Waals surface area contributed by atoms with Crippen molar-refractivity contribution in [1.82, 2.24) is 4.90 Å². The summed E-state index contributed by atoms with van der Waals surface area (Å²) in [7, 11) is 3.61. The van der Waals surface area contributed by atoms with Crippen molar-refractivity contribution in [2.45, 2.75) is 136 Å². The number of pyridine rings is 1. The van der Waals surface area contributed by atoms with Crippen LogP contribution >= 0.6 is 0 Å². The van der Waals surface area contributed by atoms with E-state index in [1.165, 1.54) is 89.0 Å². The lowest BCUT2D eigenvalue weighted by Crippen LogP contribution is -2.31. The van der Waals surface area contributed by atoms with Crippen molar-refractivity contribution in [2.24, 2.45) is 7.05 Å². The molecule has 5 nitrogen and oxygen atoms in total. The largest absolute Gasteiger partial charge is 0.496 e. The number of nitrogens with zero attached hydrogens (tertiary/aromatic N) is 2. The Morgan fingerprint density at radius 1 is 0.702 bits per heavy atom. The highest BCUT2D eigenvalue weighted by molar-refractivity contribution is 5.96. The van der Waals surface area contributed by atoms with Crippen molar-refractivity contribution in [3.63, 3.8) is 0 Å². The predicted octanol–water partition coefficient (Wildman–Crippen LogP) is 10.5. The Hall–Kier alpha value is -3.34. The molecule has 0 saturated carbocycles. The second kappa shape index (κ2) is 20.8. The van der Waals surface area contributed by atoms with E-state index in [9.17, 15) is 4.79 Å². The topological polar surface area (TPSA) is 42.7 Å². The van der Waals surface area contributed by atoms with Gasteiger partial charge in [-0.2, -0.15) is 0 Å². The minimum atomic E-state index is -0.0908. The molecule has 0 radical (unpaired) electrons. The fraction of sp³-hybridized carbons (Fsp3) is 0.571. The minimum Gasteiger partial charge on any atom is -0.496 e. The number of amides is 1. The molecule has 1 amide bonds. The van der Waals surface area contributed by atoms with Crippen molar-refractivity contribution in [3.8, 4) is 11.5 Å². The number of unbranched alkanes of at least 4 members (excludes halogenated alkanes) is 13. The molecule has 3 aromatic rings. The Kier molecular flexibility index (Phi) is 16.9. The van der Waals surface area contributed by atoms with Gasteiger partial charge >= 0.3 is 0 Å². The van der Waals surface area contributed by atoms with E-state index < -0.39 is 0 Å². The predicted molar refractivity (Wildman–Crippen MR) is 195 cm³/mol. The van der Waals surface area contributed by atoms with Crippen molar-refractivity contribution in [2.75, 3.05) is 13.7 Å². The number of hydrogen-bond donors (Lipinski definition) is 0. The monoisotopic (exact) mass is 643 g/mol. The van der Waals surface area contributed by atoms with Crippen molar-refractivity contribution < 1.29 is 18.8 Å². The second-order valence-corrected chi connectivity index (χ2v) is 14.3. The number of benzene rings is 2. The van der Waals surface area contributed by atoms with Crippen LogP contribution in [0.25, 0.3) is 0 Å². The molecule has 0 atom stereocenters. The van der Waals surface area contributed by atoms with Crippen LogP contribution in [0, 0.1) is 0 Å². The molecule has 0 aliphatic rings. The first-order valence-electron chi connectivity index (χ1n) is 18.4. The summed E-state index contributed by atoms with van der Waals surface area (Å²) in [6, 6.07) is 18.0. The van der Waals surface area contributed by atoms with E-state index in [1.54, 1.807) is 7.11 Å². The first-order chi connectivity index (χ1) is 22.7. The van der Waals surface area contributed by atoms with E-state index in [1.807, 2.05) is 53.2 Å². The van der Waals surface area contributed by atoms with Crippen LogP contribution in [0.4, 0.5) is 0 Å². The molecule has 258 valence electrons. The number of para-hydroxylation sites is 1. The Bertz CT molecular complexity index is 1310. The Labute approximate surface area is 286 Å². The molecule has 0 fully saturated rings. The molecule has 5 heteroatoms. The summed E-state index contributed by atoms with van der Waals surface area (Å²) < 4.78 is 13.9. The highest BCUT2D eigenvalue weighted by atomic mass is 16.5. The maximum absolute atomic E-state index is 13.9. The third kappa shape index (κ3) is 13.7. The molecule has 0 aliphatic heterocycles. The number of methoxy groups -OCH3 is 1. The van der Waals surface area contributed by atoms with Crippen LogP contribution in [-0.4, -0.2) is 24.5 Å². The first-order valence-corrected chi connectivity index (χ1v) is 18.4. The quantitative estimate of drug-likeness (QED) is 0.0808. The zero-order valence-corrected chi connectivity index (χ0v) is 30.5. The fourth-order valence-corrected chi connectivity index (χ4v) is 6.14. The van der Waals surface area contributed by atoms with E-state index in [4.69, 9.17) is 9.47 Å². The number of rotatable bonds is 22. The van der Waals surface area contributed by atoms with Gasteiger partial charge in [-0.05, 0) is 52.8 Å². The number of carbonyl (C=O) groups is 1. The Balaban J connectivity index is 1.54. The molecule has 0 bridgehead atoms. The number of ether oxygens (including phenoxy) is 2. The van der Waals surface area contributed by atoms with Gasteiger partial charge < -0.3 is 14.4 Å². The third-order valence-corrected chi connectivity index (χ3v) is 9.03. The standard InChI is InChI=1S/C42H63N2O3/c1-7-8-9-10-11-12-13-14-15-16-17-18-19-22-31-47-40-26-25-36(32-38(40)42(2,3)4)34-44(33-35-27-29-43(5)30-28-35)41(45)37-23-20-21-24-39(37)46-6/h20-21,23-30,32H,7-19,22,31,33-34H2,1-6H3/q+1. The van der Waals surface area contributed by atoms with E-state index >= 15 is 0 Å². The van der Waals surface area contributed by atoms with Crippen LogP contribution < -0.4 is 14.0 Å². The van der Waals surface area contributed by atoms with Gasteiger partial charge in [0, 0.05) is 25.2 Å². The lowest BCUT2D eigenvalue weighted by molar-refractivity contribution is -0.671. The molecule has 2 aromatic carbocycles. The minimum absolute atomic E-state index is 0.0499. The number of hydrogen-bond acceptors (Lipinski definition) is 3. The second-order valence-electron chi connectivity index (χ2n) is 14.3. The molecule has 0 saturated heterocycles. The summed E-state index contributed by atoms with van der Waals surface area (Å²) in [5, 5.41) is 0. The molecule has 47 heavy (non-hydrogen) atoms. The molecule has 0 unspecified atom stereocenters. The van der Waals surface area contributed by atoms with Crippen LogP contribution in [-0.2, 0) is 25.6 Å². The number of aromatic nitrogens is 1. The molecular formula is C42H63N2O3+. The molecule has 1 heterocycles. The molecule has 1 aromatic heterocycles. The summed E-state index contributed by atoms with van der Waals surface area (Å²) in [4.78, 5) is 15.8. The normalized spacial score (nSPS) is 11.4. The van der Waals surface area contributed by atoms with Crippen molar-refractivity contribution in [3.05, 3.63) is 89.2 Å². The summed E-state index contributed by atoms with van der Waals surface area (Å²) in [6.07, 6.45) is 23.0. The molecule has 0 N–H and O–H groups in total. The van der Waals surface area contributed by atoms with Crippen LogP contribution in [0.3, 0.4) is 0 Å². The number of carbonyl (C=O) groups excluding carboxylic acids is 1. The zero-order chi connectivity index (χ0) is 33.9. The van der Waals surface area contributed by atoms with E-state index in [2.05, 4.69) is 58.0 Å². The van der Waals surface area contributed by atoms with Crippen LogP contribution in [0.5, 0.6) is 11.5 Å². The van der Waals surface area contributed by atoms with Gasteiger partial charge in [0.1, 0.15) is 18.5 Å². The highest BCUT2D eigenvalue weighted by Crippen LogP contribution is 2.33. The van der Waals surface area contributed by atoms with Gasteiger partial charge in [-0.3, -0.25) is 4.79 Å². The lowest BCUT2D eigenvalue weighted by atomic mass is 9.85. The fourth-order valence-electron chi connectivity index (χ4n) is 6.14. The Morgan fingerprint density at radius 2 is 1.26 bits per heavy atom. The third-order valence-electron chi connectivity index (χ3n) is 9.03. The zero-order valence-electron chi connectivity index (χ0n) is 30.5. The molecule has 0 spiro atoms. The molecular weight excluding hydrogens is 580 g/mol. The molecule has 0 aliphatic carbocycles. The average Bonchev–Trinajstić information content (AvgIpc) is 3.06. The number of aryl methyl sites for hydroxylation is 1. The summed E-state index contributed by atoms with van der Waals surface area (Å²) >= 11 is 0. The van der Waals surface area contributed by atoms with Gasteiger partial charge in [0.15, 0.2) is 12.4 Å². The molecule has 3 rings (SSSR count). The smallest absolute Gasteiger partial charge is 0.258 e. The summed E-state index contributed by atoms with van der Waals surface area (Å²) in [5.41, 5.74) is 3.82. The SMILES string of the molecule is CCCCCCCCCCCCCCCCOc1ccc(CN(Cc2cc[n+](C)cc2)C(=O)c2ccccc2OC)cc1C(C)(C)C. The maximum atomic E-state index is 13.9. The first kappa shape index (κ1) is 38.1. The van der Waals surface area contributed by atoms with Crippen LogP contribution in [0.1, 0.15) is 145 Å². The van der Waals surface area contributed by atoms with E-state index in [0.717, 1.165) is 29.9 Å².